The zero-order valence-corrected chi connectivity index (χ0v) is 25.3. The van der Waals surface area contributed by atoms with E-state index in [0.29, 0.717) is 35.9 Å². The number of amides is 2. The molecular weight excluding hydrogens is 550 g/mol. The Hall–Kier alpha value is -2.78. The number of rotatable bonds is 14. The predicted molar refractivity (Wildman–Crippen MR) is 160 cm³/mol. The summed E-state index contributed by atoms with van der Waals surface area (Å²) in [5, 5.41) is 3.77. The first-order chi connectivity index (χ1) is 19.1. The molecule has 1 saturated carbocycles. The quantitative estimate of drug-likeness (QED) is 0.311. The molecule has 8 nitrogen and oxygen atoms in total. The first-order valence-electron chi connectivity index (χ1n) is 14.2. The lowest BCUT2D eigenvalue weighted by Gasteiger charge is -2.33. The van der Waals surface area contributed by atoms with Crippen molar-refractivity contribution in [1.29, 1.82) is 0 Å². The number of benzene rings is 2. The van der Waals surface area contributed by atoms with Gasteiger partial charge in [0.05, 0.1) is 18.6 Å². The fraction of sp³-hybridized carbons (Fsp3) is 0.533. The second-order valence-electron chi connectivity index (χ2n) is 10.3. The number of halogens is 1. The van der Waals surface area contributed by atoms with Gasteiger partial charge in [0.2, 0.25) is 21.8 Å². The molecule has 1 N–H and O–H groups in total. The van der Waals surface area contributed by atoms with Crippen LogP contribution in [0.5, 0.6) is 5.75 Å². The maximum absolute atomic E-state index is 13.6. The van der Waals surface area contributed by atoms with E-state index in [-0.39, 0.29) is 37.4 Å². The van der Waals surface area contributed by atoms with E-state index in [1.807, 2.05) is 26.0 Å². The average Bonchev–Trinajstić information content (AvgIpc) is 2.92. The Balaban J connectivity index is 1.73. The van der Waals surface area contributed by atoms with Gasteiger partial charge in [0.25, 0.3) is 0 Å². The highest BCUT2D eigenvalue weighted by Crippen LogP contribution is 2.23. The Kier molecular flexibility index (Phi) is 12.1. The molecule has 2 aromatic rings. The standard InChI is InChI=1S/C30H42ClN3O5S/c1-4-28(30(36)32-25-10-7-6-8-11-25)33(22-23-13-15-24(31)16-14-23)29(35)12-9-21-34(40(3,37)38)26-17-19-27(20-18-26)39-5-2/h13-20,25,28H,4-12,21-22H2,1-3H3,(H,32,36). The molecule has 3 rings (SSSR count). The molecule has 1 aliphatic carbocycles. The van der Waals surface area contributed by atoms with Gasteiger partial charge in [-0.15, -0.1) is 0 Å². The third-order valence-electron chi connectivity index (χ3n) is 7.19. The zero-order chi connectivity index (χ0) is 29.1. The molecule has 2 aromatic carbocycles. The van der Waals surface area contributed by atoms with E-state index in [2.05, 4.69) is 5.32 Å². The highest BCUT2D eigenvalue weighted by Gasteiger charge is 2.30. The van der Waals surface area contributed by atoms with Crippen LogP contribution in [-0.2, 0) is 26.2 Å². The first-order valence-corrected chi connectivity index (χ1v) is 16.4. The third-order valence-corrected chi connectivity index (χ3v) is 8.64. The fourth-order valence-electron chi connectivity index (χ4n) is 5.13. The Morgan fingerprint density at radius 1 is 1.02 bits per heavy atom. The Morgan fingerprint density at radius 3 is 2.25 bits per heavy atom. The van der Waals surface area contributed by atoms with Crippen molar-refractivity contribution in [1.82, 2.24) is 10.2 Å². The molecule has 0 aliphatic heterocycles. The highest BCUT2D eigenvalue weighted by molar-refractivity contribution is 7.92. The minimum Gasteiger partial charge on any atom is -0.494 e. The molecule has 2 amide bonds. The van der Waals surface area contributed by atoms with E-state index in [1.54, 1.807) is 41.3 Å². The molecule has 1 aliphatic rings. The van der Waals surface area contributed by atoms with Crippen LogP contribution >= 0.6 is 11.6 Å². The van der Waals surface area contributed by atoms with Crippen LogP contribution in [0.25, 0.3) is 0 Å². The summed E-state index contributed by atoms with van der Waals surface area (Å²) in [4.78, 5) is 28.6. The lowest BCUT2D eigenvalue weighted by Crippen LogP contribution is -2.51. The van der Waals surface area contributed by atoms with Gasteiger partial charge in [-0.25, -0.2) is 8.42 Å². The fourth-order valence-corrected chi connectivity index (χ4v) is 6.22. The molecule has 40 heavy (non-hydrogen) atoms. The van der Waals surface area contributed by atoms with Crippen molar-refractivity contribution in [2.24, 2.45) is 0 Å². The molecule has 0 saturated heterocycles. The van der Waals surface area contributed by atoms with Gasteiger partial charge >= 0.3 is 0 Å². The normalized spacial score (nSPS) is 14.8. The van der Waals surface area contributed by atoms with Crippen molar-refractivity contribution in [3.05, 3.63) is 59.1 Å². The number of carbonyl (C=O) groups excluding carboxylic acids is 2. The molecule has 1 atom stereocenters. The Bertz CT molecular complexity index is 1200. The molecule has 0 radical (unpaired) electrons. The van der Waals surface area contributed by atoms with Crippen LogP contribution in [0.2, 0.25) is 5.02 Å². The van der Waals surface area contributed by atoms with E-state index < -0.39 is 16.1 Å². The van der Waals surface area contributed by atoms with Crippen LogP contribution in [-0.4, -0.2) is 56.6 Å². The lowest BCUT2D eigenvalue weighted by molar-refractivity contribution is -0.141. The second kappa shape index (κ2) is 15.3. The minimum atomic E-state index is -3.57. The molecular formula is C30H42ClN3O5S. The largest absolute Gasteiger partial charge is 0.494 e. The number of nitrogens with zero attached hydrogens (tertiary/aromatic N) is 2. The minimum absolute atomic E-state index is 0.101. The second-order valence-corrected chi connectivity index (χ2v) is 12.6. The van der Waals surface area contributed by atoms with Crippen molar-refractivity contribution >= 4 is 39.1 Å². The van der Waals surface area contributed by atoms with E-state index in [1.165, 1.54) is 10.7 Å². The number of ether oxygens (including phenoxy) is 1. The molecule has 220 valence electrons. The smallest absolute Gasteiger partial charge is 0.243 e. The SMILES string of the molecule is CCOc1ccc(N(CCCC(=O)N(Cc2ccc(Cl)cc2)C(CC)C(=O)NC2CCCCC2)S(C)(=O)=O)cc1. The third kappa shape index (κ3) is 9.41. The molecule has 0 bridgehead atoms. The van der Waals surface area contributed by atoms with Crippen LogP contribution < -0.4 is 14.4 Å². The van der Waals surface area contributed by atoms with Crippen molar-refractivity contribution in [2.75, 3.05) is 23.7 Å². The monoisotopic (exact) mass is 591 g/mol. The Morgan fingerprint density at radius 2 is 1.68 bits per heavy atom. The van der Waals surface area contributed by atoms with Gasteiger partial charge in [-0.2, -0.15) is 0 Å². The lowest BCUT2D eigenvalue weighted by atomic mass is 9.95. The van der Waals surface area contributed by atoms with E-state index in [4.69, 9.17) is 16.3 Å². The van der Waals surface area contributed by atoms with Crippen LogP contribution in [0.1, 0.15) is 70.8 Å². The average molecular weight is 592 g/mol. The number of hydrogen-bond acceptors (Lipinski definition) is 5. The van der Waals surface area contributed by atoms with Crippen LogP contribution in [0, 0.1) is 0 Å². The van der Waals surface area contributed by atoms with Gasteiger partial charge in [-0.05, 0) is 74.6 Å². The van der Waals surface area contributed by atoms with Gasteiger partial charge in [-0.1, -0.05) is 49.9 Å². The number of anilines is 1. The summed E-state index contributed by atoms with van der Waals surface area (Å²) in [5.41, 5.74) is 1.38. The molecule has 0 heterocycles. The van der Waals surface area contributed by atoms with Crippen molar-refractivity contribution < 1.29 is 22.7 Å². The van der Waals surface area contributed by atoms with Crippen LogP contribution in [0.3, 0.4) is 0 Å². The van der Waals surface area contributed by atoms with E-state index in [9.17, 15) is 18.0 Å². The molecule has 0 spiro atoms. The van der Waals surface area contributed by atoms with Gasteiger partial charge in [0.15, 0.2) is 0 Å². The summed E-state index contributed by atoms with van der Waals surface area (Å²) in [6.45, 7) is 4.71. The van der Waals surface area contributed by atoms with E-state index >= 15 is 0 Å². The zero-order valence-electron chi connectivity index (χ0n) is 23.8. The predicted octanol–water partition coefficient (Wildman–Crippen LogP) is 5.54. The summed E-state index contributed by atoms with van der Waals surface area (Å²) in [6, 6.07) is 13.6. The topological polar surface area (TPSA) is 96.0 Å². The van der Waals surface area contributed by atoms with Crippen LogP contribution in [0.4, 0.5) is 5.69 Å². The van der Waals surface area contributed by atoms with Gasteiger partial charge in [0, 0.05) is 30.6 Å². The maximum Gasteiger partial charge on any atom is 0.243 e. The number of hydrogen-bond donors (Lipinski definition) is 1. The summed E-state index contributed by atoms with van der Waals surface area (Å²) in [7, 11) is -3.57. The highest BCUT2D eigenvalue weighted by atomic mass is 35.5. The Labute approximate surface area is 244 Å². The number of carbonyl (C=O) groups is 2. The van der Waals surface area contributed by atoms with Gasteiger partial charge in [-0.3, -0.25) is 13.9 Å². The van der Waals surface area contributed by atoms with Gasteiger partial charge in [0.1, 0.15) is 11.8 Å². The molecule has 10 heteroatoms. The van der Waals surface area contributed by atoms with Gasteiger partial charge < -0.3 is 15.0 Å². The molecule has 1 unspecified atom stereocenters. The summed E-state index contributed by atoms with van der Waals surface area (Å²) in [5.74, 6) is 0.328. The number of nitrogens with one attached hydrogen (secondary N) is 1. The first kappa shape index (κ1) is 31.7. The summed E-state index contributed by atoms with van der Waals surface area (Å²) >= 11 is 6.06. The maximum atomic E-state index is 13.6. The molecule has 0 aromatic heterocycles. The summed E-state index contributed by atoms with van der Waals surface area (Å²) < 4.78 is 31.9. The van der Waals surface area contributed by atoms with Crippen molar-refractivity contribution in [3.8, 4) is 5.75 Å². The van der Waals surface area contributed by atoms with Crippen LogP contribution in [0.15, 0.2) is 48.5 Å². The number of sulfonamides is 1. The van der Waals surface area contributed by atoms with E-state index in [0.717, 1.165) is 37.5 Å². The summed E-state index contributed by atoms with van der Waals surface area (Å²) in [6.07, 6.45) is 7.33. The molecule has 1 fully saturated rings. The van der Waals surface area contributed by atoms with Crippen molar-refractivity contribution in [2.45, 2.75) is 83.8 Å². The van der Waals surface area contributed by atoms with Crippen molar-refractivity contribution in [3.63, 3.8) is 0 Å².